The van der Waals surface area contributed by atoms with Gasteiger partial charge in [-0.1, -0.05) is 12.1 Å². The van der Waals surface area contributed by atoms with E-state index >= 15 is 0 Å². The van der Waals surface area contributed by atoms with Crippen molar-refractivity contribution in [2.24, 2.45) is 0 Å². The molecule has 2 bridgehead atoms. The van der Waals surface area contributed by atoms with Crippen molar-refractivity contribution in [3.8, 4) is 11.4 Å². The molecule has 132 valence electrons. The third-order valence-electron chi connectivity index (χ3n) is 5.42. The molecule has 1 aromatic carbocycles. The molecule has 0 aliphatic carbocycles. The normalized spacial score (nSPS) is 24.7. The lowest BCUT2D eigenvalue weighted by Crippen LogP contribution is -2.62. The minimum atomic E-state index is 0.549. The van der Waals surface area contributed by atoms with E-state index in [1.165, 1.54) is 26.2 Å². The molecule has 6 nitrogen and oxygen atoms in total. The fourth-order valence-corrected chi connectivity index (χ4v) is 3.97. The van der Waals surface area contributed by atoms with Crippen molar-refractivity contribution in [3.63, 3.8) is 0 Å². The predicted molar refractivity (Wildman–Crippen MR) is 103 cm³/mol. The standard InChI is InChI=1S/C20H22N6/c1-2-6-18-17(5-1)20(24-19(23-18)15-4-3-7-21-12-15)22-13-16-14-25-8-10-26(16)11-9-25/h1-7,12,16H,8-11,13-14H2,(H,22,23,24). The first kappa shape index (κ1) is 15.7. The first-order chi connectivity index (χ1) is 12.9. The number of piperazine rings is 3. The fraction of sp³-hybridized carbons (Fsp3) is 0.350. The first-order valence-electron chi connectivity index (χ1n) is 9.24. The Labute approximate surface area is 152 Å². The van der Waals surface area contributed by atoms with Gasteiger partial charge in [-0.15, -0.1) is 0 Å². The highest BCUT2D eigenvalue weighted by Crippen LogP contribution is 2.25. The average molecular weight is 346 g/mol. The van der Waals surface area contributed by atoms with Crippen LogP contribution >= 0.6 is 0 Å². The number of para-hydroxylation sites is 1. The van der Waals surface area contributed by atoms with Gasteiger partial charge >= 0.3 is 0 Å². The Balaban J connectivity index is 1.46. The quantitative estimate of drug-likeness (QED) is 0.781. The van der Waals surface area contributed by atoms with Crippen LogP contribution in [0, 0.1) is 0 Å². The number of pyridine rings is 1. The number of aromatic nitrogens is 3. The minimum Gasteiger partial charge on any atom is -0.368 e. The number of rotatable bonds is 4. The molecule has 3 aliphatic heterocycles. The number of hydrogen-bond acceptors (Lipinski definition) is 6. The molecular weight excluding hydrogens is 324 g/mol. The van der Waals surface area contributed by atoms with Crippen LogP contribution in [-0.4, -0.2) is 70.1 Å². The second-order valence-electron chi connectivity index (χ2n) is 7.03. The highest BCUT2D eigenvalue weighted by molar-refractivity contribution is 5.90. The number of nitrogens with one attached hydrogen (secondary N) is 1. The van der Waals surface area contributed by atoms with Gasteiger partial charge in [-0.3, -0.25) is 14.8 Å². The Morgan fingerprint density at radius 3 is 2.65 bits per heavy atom. The molecule has 6 rings (SSSR count). The van der Waals surface area contributed by atoms with Gasteiger partial charge in [0.1, 0.15) is 5.82 Å². The minimum absolute atomic E-state index is 0.549. The summed E-state index contributed by atoms with van der Waals surface area (Å²) in [5.74, 6) is 1.63. The molecule has 2 aromatic heterocycles. The molecule has 6 heteroatoms. The molecule has 0 saturated carbocycles. The van der Waals surface area contributed by atoms with E-state index in [1.807, 2.05) is 36.5 Å². The summed E-state index contributed by atoms with van der Waals surface area (Å²) in [4.78, 5) is 18.9. The van der Waals surface area contributed by atoms with Crippen molar-refractivity contribution in [1.29, 1.82) is 0 Å². The summed E-state index contributed by atoms with van der Waals surface area (Å²) in [6, 6.07) is 12.7. The molecule has 3 aliphatic rings. The van der Waals surface area contributed by atoms with Crippen LogP contribution in [0.1, 0.15) is 0 Å². The van der Waals surface area contributed by atoms with Crippen LogP contribution in [0.4, 0.5) is 5.82 Å². The first-order valence-corrected chi connectivity index (χ1v) is 9.24. The van der Waals surface area contributed by atoms with E-state index in [9.17, 15) is 0 Å². The largest absolute Gasteiger partial charge is 0.368 e. The summed E-state index contributed by atoms with van der Waals surface area (Å²) in [5, 5.41) is 4.68. The molecule has 0 radical (unpaired) electrons. The number of benzene rings is 1. The van der Waals surface area contributed by atoms with Crippen molar-refractivity contribution >= 4 is 16.7 Å². The van der Waals surface area contributed by atoms with Gasteiger partial charge in [-0.05, 0) is 24.3 Å². The van der Waals surface area contributed by atoms with Crippen molar-refractivity contribution in [3.05, 3.63) is 48.8 Å². The Hall–Kier alpha value is -2.57. The van der Waals surface area contributed by atoms with Crippen LogP contribution in [-0.2, 0) is 0 Å². The summed E-state index contributed by atoms with van der Waals surface area (Å²) < 4.78 is 0. The summed E-state index contributed by atoms with van der Waals surface area (Å²) in [7, 11) is 0. The van der Waals surface area contributed by atoms with Gasteiger partial charge in [0.2, 0.25) is 0 Å². The van der Waals surface area contributed by atoms with Crippen LogP contribution in [0.25, 0.3) is 22.3 Å². The summed E-state index contributed by atoms with van der Waals surface area (Å²) in [6.07, 6.45) is 3.58. The molecule has 3 saturated heterocycles. The third-order valence-corrected chi connectivity index (χ3v) is 5.42. The van der Waals surface area contributed by atoms with E-state index in [2.05, 4.69) is 26.2 Å². The second-order valence-corrected chi connectivity index (χ2v) is 7.03. The molecular formula is C20H22N6. The highest BCUT2D eigenvalue weighted by atomic mass is 15.3. The Kier molecular flexibility index (Phi) is 3.99. The molecule has 0 amide bonds. The van der Waals surface area contributed by atoms with Gasteiger partial charge in [0.15, 0.2) is 5.82 Å². The maximum Gasteiger partial charge on any atom is 0.163 e. The highest BCUT2D eigenvalue weighted by Gasteiger charge is 2.31. The number of fused-ring (bicyclic) bond motifs is 4. The van der Waals surface area contributed by atoms with Crippen molar-refractivity contribution < 1.29 is 0 Å². The molecule has 26 heavy (non-hydrogen) atoms. The second kappa shape index (κ2) is 6.63. The summed E-state index contributed by atoms with van der Waals surface area (Å²) >= 11 is 0. The summed E-state index contributed by atoms with van der Waals surface area (Å²) in [6.45, 7) is 6.82. The number of hydrogen-bond donors (Lipinski definition) is 1. The third kappa shape index (κ3) is 2.91. The van der Waals surface area contributed by atoms with E-state index < -0.39 is 0 Å². The van der Waals surface area contributed by atoms with Gasteiger partial charge < -0.3 is 5.32 Å². The monoisotopic (exact) mass is 346 g/mol. The fourth-order valence-electron chi connectivity index (χ4n) is 3.97. The van der Waals surface area contributed by atoms with E-state index in [0.717, 1.165) is 35.4 Å². The van der Waals surface area contributed by atoms with E-state index in [4.69, 9.17) is 9.97 Å². The molecule has 1 atom stereocenters. The average Bonchev–Trinajstić information content (AvgIpc) is 2.73. The molecule has 1 unspecified atom stereocenters. The summed E-state index contributed by atoms with van der Waals surface area (Å²) in [5.41, 5.74) is 1.89. The van der Waals surface area contributed by atoms with Crippen LogP contribution < -0.4 is 5.32 Å². The lowest BCUT2D eigenvalue weighted by atomic mass is 10.1. The maximum atomic E-state index is 4.82. The van der Waals surface area contributed by atoms with Crippen molar-refractivity contribution in [1.82, 2.24) is 24.8 Å². The Morgan fingerprint density at radius 1 is 1.00 bits per heavy atom. The van der Waals surface area contributed by atoms with Crippen LogP contribution in [0.15, 0.2) is 48.8 Å². The Morgan fingerprint density at radius 2 is 1.88 bits per heavy atom. The predicted octanol–water partition coefficient (Wildman–Crippen LogP) is 2.10. The zero-order valence-corrected chi connectivity index (χ0v) is 14.7. The smallest absolute Gasteiger partial charge is 0.163 e. The maximum absolute atomic E-state index is 4.82. The van der Waals surface area contributed by atoms with Gasteiger partial charge in [-0.25, -0.2) is 9.97 Å². The van der Waals surface area contributed by atoms with Gasteiger partial charge in [0.25, 0.3) is 0 Å². The van der Waals surface area contributed by atoms with E-state index in [1.54, 1.807) is 6.20 Å². The zero-order chi connectivity index (χ0) is 17.3. The van der Waals surface area contributed by atoms with Crippen LogP contribution in [0.3, 0.4) is 0 Å². The zero-order valence-electron chi connectivity index (χ0n) is 14.7. The molecule has 5 heterocycles. The Bertz CT molecular complexity index is 905. The van der Waals surface area contributed by atoms with E-state index in [-0.39, 0.29) is 0 Å². The molecule has 3 aromatic rings. The van der Waals surface area contributed by atoms with Crippen LogP contribution in [0.2, 0.25) is 0 Å². The van der Waals surface area contributed by atoms with Crippen LogP contribution in [0.5, 0.6) is 0 Å². The molecule has 3 fully saturated rings. The lowest BCUT2D eigenvalue weighted by molar-refractivity contribution is 0.0189. The van der Waals surface area contributed by atoms with Crippen molar-refractivity contribution in [2.45, 2.75) is 6.04 Å². The number of anilines is 1. The van der Waals surface area contributed by atoms with E-state index in [0.29, 0.717) is 11.9 Å². The topological polar surface area (TPSA) is 57.2 Å². The lowest BCUT2D eigenvalue weighted by Gasteiger charge is -2.47. The SMILES string of the molecule is c1cncc(-c2nc(NCC3CN4CCN3CC4)c3ccccc3n2)c1. The van der Waals surface area contributed by atoms with Gasteiger partial charge in [0.05, 0.1) is 5.52 Å². The molecule has 1 N–H and O–H groups in total. The van der Waals surface area contributed by atoms with Gasteiger partial charge in [-0.2, -0.15) is 0 Å². The number of nitrogens with zero attached hydrogens (tertiary/aromatic N) is 5. The van der Waals surface area contributed by atoms with Gasteiger partial charge in [0, 0.05) is 68.7 Å². The molecule has 0 spiro atoms. The van der Waals surface area contributed by atoms with Crippen molar-refractivity contribution in [2.75, 3.05) is 44.6 Å².